The van der Waals surface area contributed by atoms with Gasteiger partial charge in [0.1, 0.15) is 5.82 Å². The highest BCUT2D eigenvalue weighted by atomic mass is 35.5. The van der Waals surface area contributed by atoms with Crippen LogP contribution in [0.1, 0.15) is 5.56 Å². The Morgan fingerprint density at radius 2 is 1.74 bits per heavy atom. The number of hydrogen-bond acceptors (Lipinski definition) is 6. The van der Waals surface area contributed by atoms with Gasteiger partial charge < -0.3 is 9.92 Å². The molecule has 16 heteroatoms. The molecule has 0 aliphatic rings. The van der Waals surface area contributed by atoms with E-state index in [0.717, 1.165) is 6.07 Å². The molecule has 0 unspecified atom stereocenters. The molecule has 0 aliphatic carbocycles. The molecule has 3 aromatic rings. The van der Waals surface area contributed by atoms with Gasteiger partial charge in [-0.05, 0) is 23.8 Å². The van der Waals surface area contributed by atoms with E-state index in [0.29, 0.717) is 16.8 Å². The number of halogens is 7. The van der Waals surface area contributed by atoms with Crippen molar-refractivity contribution < 1.29 is 38.9 Å². The van der Waals surface area contributed by atoms with Crippen LogP contribution in [0.2, 0.25) is 5.02 Å². The molecule has 0 saturated heterocycles. The number of nitrogens with zero attached hydrogens (tertiary/aromatic N) is 4. The summed E-state index contributed by atoms with van der Waals surface area (Å²) in [6, 6.07) is 3.32. The largest absolute Gasteiger partial charge is 0.534 e. The average Bonchev–Trinajstić information content (AvgIpc) is 3.15. The highest BCUT2D eigenvalue weighted by molar-refractivity contribution is 7.88. The lowest BCUT2D eigenvalue weighted by molar-refractivity contribution is -0.137. The van der Waals surface area contributed by atoms with Gasteiger partial charge in [0.2, 0.25) is 0 Å². The number of aromatic nitrogens is 4. The van der Waals surface area contributed by atoms with Crippen molar-refractivity contribution in [3.8, 4) is 22.8 Å². The first-order valence-electron chi connectivity index (χ1n) is 7.87. The Hall–Kier alpha value is -2.94. The van der Waals surface area contributed by atoms with E-state index in [-0.39, 0.29) is 5.82 Å². The summed E-state index contributed by atoms with van der Waals surface area (Å²) in [6.45, 7) is 0. The third-order valence-electron chi connectivity index (χ3n) is 3.79. The van der Waals surface area contributed by atoms with E-state index in [2.05, 4.69) is 14.4 Å². The second-order valence-corrected chi connectivity index (χ2v) is 8.01. The van der Waals surface area contributed by atoms with Gasteiger partial charge in [-0.1, -0.05) is 11.6 Å². The Kier molecular flexibility index (Phi) is 5.38. The molecule has 2 aromatic heterocycles. The molecule has 0 radical (unpaired) electrons. The topological polar surface area (TPSA) is 105 Å². The van der Waals surface area contributed by atoms with Gasteiger partial charge in [-0.25, -0.2) is 0 Å². The van der Waals surface area contributed by atoms with Crippen molar-refractivity contribution in [3.05, 3.63) is 41.0 Å². The molecule has 1 aromatic carbocycles. The molecule has 0 fully saturated rings. The first-order chi connectivity index (χ1) is 14.1. The van der Waals surface area contributed by atoms with E-state index in [1.165, 1.54) is 24.0 Å². The van der Waals surface area contributed by atoms with Gasteiger partial charge in [0.25, 0.3) is 5.88 Å². The van der Waals surface area contributed by atoms with E-state index < -0.39 is 55.2 Å². The average molecular weight is 490 g/mol. The maximum atomic E-state index is 13.2. The second-order valence-electron chi connectivity index (χ2n) is 6.03. The van der Waals surface area contributed by atoms with Crippen LogP contribution >= 0.6 is 11.6 Å². The molecule has 0 aliphatic heterocycles. The summed E-state index contributed by atoms with van der Waals surface area (Å²) < 4.78 is 107. The zero-order chi connectivity index (χ0) is 23.4. The summed E-state index contributed by atoms with van der Waals surface area (Å²) in [4.78, 5) is 0. The van der Waals surface area contributed by atoms with Gasteiger partial charge in [-0.3, -0.25) is 4.68 Å². The van der Waals surface area contributed by atoms with E-state index in [4.69, 9.17) is 17.3 Å². The molecule has 0 bridgehead atoms. The van der Waals surface area contributed by atoms with Gasteiger partial charge >= 0.3 is 21.8 Å². The van der Waals surface area contributed by atoms with Gasteiger partial charge in [0, 0.05) is 24.3 Å². The van der Waals surface area contributed by atoms with Crippen LogP contribution in [0.3, 0.4) is 0 Å². The fourth-order valence-corrected chi connectivity index (χ4v) is 3.13. The van der Waals surface area contributed by atoms with Crippen LogP contribution in [0.15, 0.2) is 30.5 Å². The van der Waals surface area contributed by atoms with Crippen LogP contribution in [-0.2, 0) is 23.3 Å². The maximum absolute atomic E-state index is 13.2. The van der Waals surface area contributed by atoms with Crippen LogP contribution in [0, 0.1) is 0 Å². The third-order valence-corrected chi connectivity index (χ3v) is 4.95. The fourth-order valence-electron chi connectivity index (χ4n) is 2.48. The summed E-state index contributed by atoms with van der Waals surface area (Å²) >= 11 is 5.72. The SMILES string of the molecule is Cn1ccc(-n2nc(OS(=O)(=O)C(F)(F)F)c(-c3cc(Cl)cc(C(F)(F)F)c3)c2N)n1. The second kappa shape index (κ2) is 7.33. The fraction of sp³-hybridized carbons (Fsp3) is 0.200. The molecule has 168 valence electrons. The number of aryl methyl sites for hydroxylation is 1. The minimum atomic E-state index is -6.22. The van der Waals surface area contributed by atoms with E-state index in [1.54, 1.807) is 0 Å². The lowest BCUT2D eigenvalue weighted by Crippen LogP contribution is -2.28. The molecular weight excluding hydrogens is 480 g/mol. The van der Waals surface area contributed by atoms with E-state index in [1.807, 2.05) is 0 Å². The highest BCUT2D eigenvalue weighted by Crippen LogP contribution is 2.42. The summed E-state index contributed by atoms with van der Waals surface area (Å²) in [5.41, 5.74) is -2.35. The molecule has 3 rings (SSSR count). The smallest absolute Gasteiger partial charge is 0.383 e. The molecular formula is C15H10ClF6N5O3S. The maximum Gasteiger partial charge on any atom is 0.534 e. The number of hydrogen-bond donors (Lipinski definition) is 1. The Morgan fingerprint density at radius 1 is 1.10 bits per heavy atom. The third kappa shape index (κ3) is 4.41. The molecule has 0 amide bonds. The zero-order valence-corrected chi connectivity index (χ0v) is 16.6. The lowest BCUT2D eigenvalue weighted by Gasteiger charge is -2.12. The van der Waals surface area contributed by atoms with Crippen molar-refractivity contribution in [1.82, 2.24) is 19.6 Å². The quantitative estimate of drug-likeness (QED) is 0.340. The molecule has 0 saturated carbocycles. The molecule has 31 heavy (non-hydrogen) atoms. The lowest BCUT2D eigenvalue weighted by atomic mass is 10.0. The predicted molar refractivity (Wildman–Crippen MR) is 95.8 cm³/mol. The summed E-state index contributed by atoms with van der Waals surface area (Å²) in [6.07, 6.45) is -3.46. The van der Waals surface area contributed by atoms with Crippen LogP contribution < -0.4 is 9.92 Å². The zero-order valence-electron chi connectivity index (χ0n) is 15.0. The van der Waals surface area contributed by atoms with Crippen molar-refractivity contribution in [2.45, 2.75) is 11.7 Å². The Balaban J connectivity index is 2.28. The molecule has 0 atom stereocenters. The number of nitrogen functional groups attached to an aromatic ring is 1. The highest BCUT2D eigenvalue weighted by Gasteiger charge is 2.49. The van der Waals surface area contributed by atoms with Crippen LogP contribution in [0.4, 0.5) is 32.2 Å². The van der Waals surface area contributed by atoms with Crippen molar-refractivity contribution in [2.24, 2.45) is 7.05 Å². The van der Waals surface area contributed by atoms with Crippen LogP contribution in [-0.4, -0.2) is 33.5 Å². The van der Waals surface area contributed by atoms with Crippen molar-refractivity contribution in [3.63, 3.8) is 0 Å². The number of alkyl halides is 6. The van der Waals surface area contributed by atoms with E-state index >= 15 is 0 Å². The van der Waals surface area contributed by atoms with Crippen molar-refractivity contribution in [2.75, 3.05) is 5.73 Å². The predicted octanol–water partition coefficient (Wildman–Crippen LogP) is 3.76. The van der Waals surface area contributed by atoms with Crippen LogP contribution in [0.25, 0.3) is 16.9 Å². The number of anilines is 1. The summed E-state index contributed by atoms with van der Waals surface area (Å²) in [5.74, 6) is -1.82. The minimum absolute atomic E-state index is 0.0708. The number of benzene rings is 1. The van der Waals surface area contributed by atoms with Crippen LogP contribution in [0.5, 0.6) is 5.88 Å². The molecule has 0 spiro atoms. The van der Waals surface area contributed by atoms with Gasteiger partial charge in [0.15, 0.2) is 5.82 Å². The Labute approximate surface area is 174 Å². The first-order valence-corrected chi connectivity index (χ1v) is 9.66. The Bertz CT molecular complexity index is 1250. The summed E-state index contributed by atoms with van der Waals surface area (Å²) in [5, 5.41) is 7.05. The van der Waals surface area contributed by atoms with Crippen molar-refractivity contribution in [1.29, 1.82) is 0 Å². The van der Waals surface area contributed by atoms with Crippen molar-refractivity contribution >= 4 is 27.5 Å². The minimum Gasteiger partial charge on any atom is -0.383 e. The molecule has 8 nitrogen and oxygen atoms in total. The number of nitrogens with two attached hydrogens (primary N) is 1. The monoisotopic (exact) mass is 489 g/mol. The number of rotatable bonds is 4. The van der Waals surface area contributed by atoms with Gasteiger partial charge in [-0.2, -0.15) is 44.5 Å². The first kappa shape index (κ1) is 22.7. The standard InChI is InChI=1S/C15H10ClF6N5O3S/c1-26-3-2-10(24-26)27-12(23)11(13(25-27)30-31(28,29)15(20,21)22)7-4-8(14(17,18)19)6-9(16)5-7/h2-6H,23H2,1H3. The molecule has 2 heterocycles. The van der Waals surface area contributed by atoms with Gasteiger partial charge in [-0.15, -0.1) is 5.10 Å². The van der Waals surface area contributed by atoms with Gasteiger partial charge in [0.05, 0.1) is 11.1 Å². The Morgan fingerprint density at radius 3 is 2.26 bits per heavy atom. The molecule has 2 N–H and O–H groups in total. The normalized spacial score (nSPS) is 12.9. The van der Waals surface area contributed by atoms with E-state index in [9.17, 15) is 34.8 Å². The summed E-state index contributed by atoms with van der Waals surface area (Å²) in [7, 11) is -4.73.